The van der Waals surface area contributed by atoms with Gasteiger partial charge in [-0.2, -0.15) is 11.8 Å². The molecule has 0 aromatic heterocycles. The summed E-state index contributed by atoms with van der Waals surface area (Å²) in [5.41, 5.74) is 0.702. The largest absolute Gasteiger partial charge is 0.481 e. The van der Waals surface area contributed by atoms with Gasteiger partial charge < -0.3 is 15.3 Å². The molecule has 2 atom stereocenters. The lowest BCUT2D eigenvalue weighted by Crippen LogP contribution is -2.47. The van der Waals surface area contributed by atoms with Gasteiger partial charge in [-0.25, -0.2) is 4.79 Å². The van der Waals surface area contributed by atoms with Crippen molar-refractivity contribution >= 4 is 23.8 Å². The fourth-order valence-electron chi connectivity index (χ4n) is 2.34. The third-order valence-electron chi connectivity index (χ3n) is 3.49. The maximum Gasteiger partial charge on any atom is 0.317 e. The lowest BCUT2D eigenvalue weighted by molar-refractivity contribution is -0.138. The van der Waals surface area contributed by atoms with Gasteiger partial charge in [0.25, 0.3) is 0 Å². The molecule has 2 amide bonds. The van der Waals surface area contributed by atoms with E-state index in [1.165, 1.54) is 0 Å². The molecule has 21 heavy (non-hydrogen) atoms. The first-order valence-electron chi connectivity index (χ1n) is 7.00. The molecule has 1 heterocycles. The highest BCUT2D eigenvalue weighted by molar-refractivity contribution is 7.99. The third-order valence-corrected chi connectivity index (χ3v) is 4.62. The van der Waals surface area contributed by atoms with Crippen LogP contribution < -0.4 is 5.32 Å². The third kappa shape index (κ3) is 4.39. The first-order chi connectivity index (χ1) is 10.1. The van der Waals surface area contributed by atoms with Gasteiger partial charge in [-0.3, -0.25) is 4.79 Å². The average molecular weight is 308 g/mol. The van der Waals surface area contributed by atoms with E-state index >= 15 is 0 Å². The van der Waals surface area contributed by atoms with E-state index in [0.29, 0.717) is 23.9 Å². The molecule has 1 aliphatic heterocycles. The quantitative estimate of drug-likeness (QED) is 0.892. The van der Waals surface area contributed by atoms with Crippen molar-refractivity contribution in [3.63, 3.8) is 0 Å². The average Bonchev–Trinajstić information content (AvgIpc) is 2.48. The molecule has 2 unspecified atom stereocenters. The topological polar surface area (TPSA) is 69.6 Å². The molecule has 5 nitrogen and oxygen atoms in total. The second kappa shape index (κ2) is 7.36. The highest BCUT2D eigenvalue weighted by Crippen LogP contribution is 2.18. The first kappa shape index (κ1) is 15.7. The maximum atomic E-state index is 12.1. The van der Waals surface area contributed by atoms with E-state index in [1.807, 2.05) is 17.8 Å². The van der Waals surface area contributed by atoms with Crippen molar-refractivity contribution in [2.45, 2.75) is 18.1 Å². The Kier molecular flexibility index (Phi) is 5.50. The standard InChI is InChI=1S/C15H20N2O3S/c1-11-10-17(7-8-21-11)15(20)16-9-13(14(18)19)12-5-3-2-4-6-12/h2-6,11,13H,7-10H2,1H3,(H,16,20)(H,18,19). The van der Waals surface area contributed by atoms with E-state index in [9.17, 15) is 14.7 Å². The Hall–Kier alpha value is -1.69. The highest BCUT2D eigenvalue weighted by atomic mass is 32.2. The molecule has 6 heteroatoms. The maximum absolute atomic E-state index is 12.1. The normalized spacial score (nSPS) is 19.9. The van der Waals surface area contributed by atoms with Gasteiger partial charge in [0, 0.05) is 30.6 Å². The molecule has 0 spiro atoms. The van der Waals surface area contributed by atoms with Crippen LogP contribution in [0.25, 0.3) is 0 Å². The van der Waals surface area contributed by atoms with Crippen molar-refractivity contribution in [3.8, 4) is 0 Å². The molecule has 1 aliphatic rings. The Labute approximate surface area is 128 Å². The first-order valence-corrected chi connectivity index (χ1v) is 8.05. The molecule has 0 radical (unpaired) electrons. The Balaban J connectivity index is 1.93. The van der Waals surface area contributed by atoms with Gasteiger partial charge in [0.15, 0.2) is 0 Å². The summed E-state index contributed by atoms with van der Waals surface area (Å²) in [6.45, 7) is 3.62. The van der Waals surface area contributed by atoms with Gasteiger partial charge in [0.2, 0.25) is 0 Å². The van der Waals surface area contributed by atoms with Gasteiger partial charge in [0.05, 0.1) is 5.92 Å². The molecule has 1 fully saturated rings. The van der Waals surface area contributed by atoms with Crippen molar-refractivity contribution in [3.05, 3.63) is 35.9 Å². The zero-order valence-corrected chi connectivity index (χ0v) is 12.8. The summed E-state index contributed by atoms with van der Waals surface area (Å²) in [4.78, 5) is 25.2. The summed E-state index contributed by atoms with van der Waals surface area (Å²) in [6.07, 6.45) is 0. The van der Waals surface area contributed by atoms with Crippen molar-refractivity contribution < 1.29 is 14.7 Å². The second-order valence-corrected chi connectivity index (χ2v) is 6.66. The lowest BCUT2D eigenvalue weighted by Gasteiger charge is -2.31. The van der Waals surface area contributed by atoms with E-state index < -0.39 is 11.9 Å². The Bertz CT molecular complexity index is 495. The van der Waals surface area contributed by atoms with Crippen LogP contribution in [-0.2, 0) is 4.79 Å². The number of carbonyl (C=O) groups excluding carboxylic acids is 1. The fraction of sp³-hybridized carbons (Fsp3) is 0.467. The summed E-state index contributed by atoms with van der Waals surface area (Å²) in [5, 5.41) is 12.5. The number of benzene rings is 1. The molecular weight excluding hydrogens is 288 g/mol. The monoisotopic (exact) mass is 308 g/mol. The van der Waals surface area contributed by atoms with E-state index in [4.69, 9.17) is 0 Å². The van der Waals surface area contributed by atoms with Crippen LogP contribution in [0.2, 0.25) is 0 Å². The number of carboxylic acids is 1. The molecule has 2 rings (SSSR count). The predicted octanol–water partition coefficient (Wildman–Crippen LogP) is 2.00. The van der Waals surface area contributed by atoms with Crippen LogP contribution in [0.5, 0.6) is 0 Å². The van der Waals surface area contributed by atoms with Gasteiger partial charge in [-0.1, -0.05) is 37.3 Å². The minimum absolute atomic E-state index is 0.107. The molecule has 1 aromatic carbocycles. The number of thioether (sulfide) groups is 1. The summed E-state index contributed by atoms with van der Waals surface area (Å²) < 4.78 is 0. The number of nitrogens with one attached hydrogen (secondary N) is 1. The molecule has 1 aromatic rings. The zero-order chi connectivity index (χ0) is 15.2. The van der Waals surface area contributed by atoms with Crippen LogP contribution >= 0.6 is 11.8 Å². The van der Waals surface area contributed by atoms with Gasteiger partial charge in [0.1, 0.15) is 0 Å². The minimum Gasteiger partial charge on any atom is -0.481 e. The molecule has 114 valence electrons. The molecule has 2 N–H and O–H groups in total. The highest BCUT2D eigenvalue weighted by Gasteiger charge is 2.24. The molecule has 1 saturated heterocycles. The Morgan fingerprint density at radius 1 is 1.43 bits per heavy atom. The summed E-state index contributed by atoms with van der Waals surface area (Å²) in [7, 11) is 0. The van der Waals surface area contributed by atoms with Crippen LogP contribution in [-0.4, -0.2) is 52.6 Å². The number of hydrogen-bond donors (Lipinski definition) is 2. The smallest absolute Gasteiger partial charge is 0.317 e. The van der Waals surface area contributed by atoms with Crippen molar-refractivity contribution in [2.75, 3.05) is 25.4 Å². The van der Waals surface area contributed by atoms with E-state index in [-0.39, 0.29) is 12.6 Å². The van der Waals surface area contributed by atoms with Gasteiger partial charge in [-0.05, 0) is 5.56 Å². The van der Waals surface area contributed by atoms with Gasteiger partial charge in [-0.15, -0.1) is 0 Å². The summed E-state index contributed by atoms with van der Waals surface area (Å²) >= 11 is 1.85. The number of aliphatic carboxylic acids is 1. The molecule has 0 aliphatic carbocycles. The number of carboxylic acid groups (broad SMARTS) is 1. The zero-order valence-electron chi connectivity index (χ0n) is 12.0. The molecule has 0 saturated carbocycles. The minimum atomic E-state index is -0.927. The SMILES string of the molecule is CC1CN(C(=O)NCC(C(=O)O)c2ccccc2)CCS1. The van der Waals surface area contributed by atoms with Crippen molar-refractivity contribution in [1.29, 1.82) is 0 Å². The fourth-order valence-corrected chi connectivity index (χ4v) is 3.35. The number of hydrogen-bond acceptors (Lipinski definition) is 3. The predicted molar refractivity (Wildman–Crippen MR) is 83.7 cm³/mol. The van der Waals surface area contributed by atoms with Gasteiger partial charge >= 0.3 is 12.0 Å². The summed E-state index contributed by atoms with van der Waals surface area (Å²) in [6, 6.07) is 8.81. The van der Waals surface area contributed by atoms with E-state index in [1.54, 1.807) is 29.2 Å². The van der Waals surface area contributed by atoms with Crippen LogP contribution in [0.4, 0.5) is 4.79 Å². The molecule has 0 bridgehead atoms. The van der Waals surface area contributed by atoms with Crippen molar-refractivity contribution in [2.24, 2.45) is 0 Å². The van der Waals surface area contributed by atoms with Crippen LogP contribution in [0.3, 0.4) is 0 Å². The number of rotatable bonds is 4. The second-order valence-electron chi connectivity index (χ2n) is 5.11. The number of nitrogens with zero attached hydrogens (tertiary/aromatic N) is 1. The Morgan fingerprint density at radius 2 is 2.14 bits per heavy atom. The van der Waals surface area contributed by atoms with Crippen molar-refractivity contribution in [1.82, 2.24) is 10.2 Å². The van der Waals surface area contributed by atoms with Crippen LogP contribution in [0.1, 0.15) is 18.4 Å². The van der Waals surface area contributed by atoms with Crippen LogP contribution in [0, 0.1) is 0 Å². The van der Waals surface area contributed by atoms with E-state index in [2.05, 4.69) is 12.2 Å². The van der Waals surface area contributed by atoms with E-state index in [0.717, 1.165) is 5.75 Å². The lowest BCUT2D eigenvalue weighted by atomic mass is 9.99. The number of amides is 2. The van der Waals surface area contributed by atoms with Crippen LogP contribution in [0.15, 0.2) is 30.3 Å². The Morgan fingerprint density at radius 3 is 2.76 bits per heavy atom. The molecular formula is C15H20N2O3S. The number of carbonyl (C=O) groups is 2. The summed E-state index contributed by atoms with van der Waals surface area (Å²) in [5.74, 6) is -0.717. The number of urea groups is 1.